The first-order valence-corrected chi connectivity index (χ1v) is 8.68. The highest BCUT2D eigenvalue weighted by atomic mass is 15.3. The van der Waals surface area contributed by atoms with Crippen LogP contribution in [0.3, 0.4) is 0 Å². The molecule has 2 fully saturated rings. The minimum atomic E-state index is 0.496. The molecule has 5 heteroatoms. The molecule has 1 N–H and O–H groups in total. The first-order chi connectivity index (χ1) is 11.7. The molecule has 0 unspecified atom stereocenters. The molecule has 3 atom stereocenters. The van der Waals surface area contributed by atoms with E-state index in [0.29, 0.717) is 17.9 Å². The molecule has 2 aliphatic heterocycles. The van der Waals surface area contributed by atoms with Crippen molar-refractivity contribution in [3.05, 3.63) is 47.8 Å². The molecule has 1 aromatic carbocycles. The van der Waals surface area contributed by atoms with Gasteiger partial charge in [0.05, 0.1) is 0 Å². The van der Waals surface area contributed by atoms with Gasteiger partial charge in [-0.15, -0.1) is 0 Å². The fourth-order valence-electron chi connectivity index (χ4n) is 4.56. The van der Waals surface area contributed by atoms with E-state index >= 15 is 0 Å². The summed E-state index contributed by atoms with van der Waals surface area (Å²) in [6.07, 6.45) is 3.53. The molecule has 0 spiro atoms. The number of hydrogen-bond acceptors (Lipinski definition) is 5. The summed E-state index contributed by atoms with van der Waals surface area (Å²) >= 11 is 0. The van der Waals surface area contributed by atoms with Crippen LogP contribution in [0, 0.1) is 18.8 Å². The van der Waals surface area contributed by atoms with E-state index in [1.807, 2.05) is 7.05 Å². The summed E-state index contributed by atoms with van der Waals surface area (Å²) in [5, 5.41) is 3.17. The van der Waals surface area contributed by atoms with Crippen molar-refractivity contribution in [1.29, 1.82) is 0 Å². The van der Waals surface area contributed by atoms with Crippen molar-refractivity contribution >= 4 is 11.6 Å². The highest BCUT2D eigenvalue weighted by Gasteiger charge is 2.47. The van der Waals surface area contributed by atoms with E-state index < -0.39 is 0 Å². The van der Waals surface area contributed by atoms with Crippen molar-refractivity contribution in [2.75, 3.05) is 43.9 Å². The SMILES string of the molecule is CNc1nccnc1N1C[C@@H]2CN(C)[C@H](c3ccccc3C)[C@@H]2C1. The fourth-order valence-corrected chi connectivity index (χ4v) is 4.56. The Morgan fingerprint density at radius 3 is 2.67 bits per heavy atom. The topological polar surface area (TPSA) is 44.3 Å². The molecule has 126 valence electrons. The van der Waals surface area contributed by atoms with Gasteiger partial charge in [0.15, 0.2) is 11.6 Å². The molecule has 2 saturated heterocycles. The lowest BCUT2D eigenvalue weighted by Crippen LogP contribution is -2.30. The minimum absolute atomic E-state index is 0.496. The van der Waals surface area contributed by atoms with Gasteiger partial charge in [-0.05, 0) is 31.0 Å². The molecule has 3 heterocycles. The van der Waals surface area contributed by atoms with Crippen LogP contribution in [0.2, 0.25) is 0 Å². The third-order valence-electron chi connectivity index (χ3n) is 5.62. The second-order valence-electron chi connectivity index (χ2n) is 7.05. The Bertz CT molecular complexity index is 731. The van der Waals surface area contributed by atoms with Gasteiger partial charge in [-0.1, -0.05) is 24.3 Å². The van der Waals surface area contributed by atoms with E-state index in [-0.39, 0.29) is 0 Å². The maximum Gasteiger partial charge on any atom is 0.171 e. The van der Waals surface area contributed by atoms with E-state index in [4.69, 9.17) is 0 Å². The summed E-state index contributed by atoms with van der Waals surface area (Å²) in [6.45, 7) is 5.48. The maximum absolute atomic E-state index is 4.58. The van der Waals surface area contributed by atoms with Gasteiger partial charge in [0, 0.05) is 51.0 Å². The van der Waals surface area contributed by atoms with Crippen LogP contribution in [0.4, 0.5) is 11.6 Å². The number of hydrogen-bond donors (Lipinski definition) is 1. The fraction of sp³-hybridized carbons (Fsp3) is 0.474. The normalized spacial score (nSPS) is 26.6. The Kier molecular flexibility index (Phi) is 3.88. The molecule has 0 bridgehead atoms. The second kappa shape index (κ2) is 6.06. The molecule has 0 amide bonds. The number of anilines is 2. The average molecular weight is 323 g/mol. The summed E-state index contributed by atoms with van der Waals surface area (Å²) in [7, 11) is 4.18. The molecule has 0 radical (unpaired) electrons. The molecule has 0 aliphatic carbocycles. The Balaban J connectivity index is 1.63. The standard InChI is InChI=1S/C19H25N5/c1-13-6-4-5-7-15(13)17-16-12-24(11-14(16)10-23(17)3)19-18(20-2)21-8-9-22-19/h4-9,14,16-17H,10-12H2,1-3H3,(H,20,21)/t14-,16+,17+/m0/s1. The van der Waals surface area contributed by atoms with Crippen LogP contribution < -0.4 is 10.2 Å². The van der Waals surface area contributed by atoms with Crippen LogP contribution in [0.15, 0.2) is 36.7 Å². The third-order valence-corrected chi connectivity index (χ3v) is 5.62. The Hall–Kier alpha value is -2.14. The molecule has 1 aromatic heterocycles. The van der Waals surface area contributed by atoms with Gasteiger partial charge in [0.25, 0.3) is 0 Å². The summed E-state index contributed by atoms with van der Waals surface area (Å²) in [5.41, 5.74) is 2.87. The minimum Gasteiger partial charge on any atom is -0.370 e. The number of nitrogens with one attached hydrogen (secondary N) is 1. The van der Waals surface area contributed by atoms with Gasteiger partial charge in [0.1, 0.15) is 0 Å². The molecule has 2 aliphatic rings. The predicted molar refractivity (Wildman–Crippen MR) is 97.3 cm³/mol. The van der Waals surface area contributed by atoms with E-state index in [9.17, 15) is 0 Å². The van der Waals surface area contributed by atoms with Crippen LogP contribution in [-0.4, -0.2) is 48.6 Å². The molecule has 24 heavy (non-hydrogen) atoms. The Morgan fingerprint density at radius 1 is 1.08 bits per heavy atom. The van der Waals surface area contributed by atoms with E-state index in [1.54, 1.807) is 12.4 Å². The largest absolute Gasteiger partial charge is 0.370 e. The average Bonchev–Trinajstić information content (AvgIpc) is 3.12. The number of rotatable bonds is 3. The monoisotopic (exact) mass is 323 g/mol. The Labute approximate surface area is 143 Å². The van der Waals surface area contributed by atoms with E-state index in [2.05, 4.69) is 63.3 Å². The van der Waals surface area contributed by atoms with Gasteiger partial charge < -0.3 is 10.2 Å². The molecule has 5 nitrogen and oxygen atoms in total. The van der Waals surface area contributed by atoms with Gasteiger partial charge in [-0.3, -0.25) is 4.90 Å². The van der Waals surface area contributed by atoms with Crippen LogP contribution in [-0.2, 0) is 0 Å². The lowest BCUT2D eigenvalue weighted by atomic mass is 9.88. The molecule has 2 aromatic rings. The first kappa shape index (κ1) is 15.4. The van der Waals surface area contributed by atoms with Crippen molar-refractivity contribution in [2.24, 2.45) is 11.8 Å². The highest BCUT2D eigenvalue weighted by molar-refractivity contribution is 5.61. The first-order valence-electron chi connectivity index (χ1n) is 8.68. The maximum atomic E-state index is 4.58. The van der Waals surface area contributed by atoms with Gasteiger partial charge in [-0.25, -0.2) is 9.97 Å². The van der Waals surface area contributed by atoms with Crippen LogP contribution in [0.1, 0.15) is 17.2 Å². The highest BCUT2D eigenvalue weighted by Crippen LogP contribution is 2.46. The summed E-state index contributed by atoms with van der Waals surface area (Å²) < 4.78 is 0. The van der Waals surface area contributed by atoms with Gasteiger partial charge in [-0.2, -0.15) is 0 Å². The Morgan fingerprint density at radius 2 is 1.88 bits per heavy atom. The van der Waals surface area contributed by atoms with Crippen molar-refractivity contribution < 1.29 is 0 Å². The zero-order chi connectivity index (χ0) is 16.7. The van der Waals surface area contributed by atoms with Crippen LogP contribution >= 0.6 is 0 Å². The van der Waals surface area contributed by atoms with Crippen LogP contribution in [0.5, 0.6) is 0 Å². The summed E-state index contributed by atoms with van der Waals surface area (Å²) in [6, 6.07) is 9.31. The number of aromatic nitrogens is 2. The van der Waals surface area contributed by atoms with Crippen molar-refractivity contribution in [3.8, 4) is 0 Å². The van der Waals surface area contributed by atoms with Crippen molar-refractivity contribution in [1.82, 2.24) is 14.9 Å². The smallest absolute Gasteiger partial charge is 0.171 e. The molecule has 0 saturated carbocycles. The summed E-state index contributed by atoms with van der Waals surface area (Å²) in [4.78, 5) is 13.9. The number of benzene rings is 1. The van der Waals surface area contributed by atoms with E-state index in [0.717, 1.165) is 31.3 Å². The van der Waals surface area contributed by atoms with Crippen LogP contribution in [0.25, 0.3) is 0 Å². The molecular weight excluding hydrogens is 298 g/mol. The quantitative estimate of drug-likeness (QED) is 0.940. The molecular formula is C19H25N5. The zero-order valence-corrected chi connectivity index (χ0v) is 14.6. The van der Waals surface area contributed by atoms with E-state index in [1.165, 1.54) is 11.1 Å². The lowest BCUT2D eigenvalue weighted by molar-refractivity contribution is 0.279. The van der Waals surface area contributed by atoms with Gasteiger partial charge in [0.2, 0.25) is 0 Å². The number of aryl methyl sites for hydroxylation is 1. The lowest BCUT2D eigenvalue weighted by Gasteiger charge is -2.28. The van der Waals surface area contributed by atoms with Crippen molar-refractivity contribution in [2.45, 2.75) is 13.0 Å². The van der Waals surface area contributed by atoms with Crippen molar-refractivity contribution in [3.63, 3.8) is 0 Å². The summed E-state index contributed by atoms with van der Waals surface area (Å²) in [5.74, 6) is 3.19. The third kappa shape index (κ3) is 2.44. The molecule has 4 rings (SSSR count). The van der Waals surface area contributed by atoms with Gasteiger partial charge >= 0.3 is 0 Å². The number of fused-ring (bicyclic) bond motifs is 1. The number of likely N-dealkylation sites (tertiary alicyclic amines) is 1. The second-order valence-corrected chi connectivity index (χ2v) is 7.05. The predicted octanol–water partition coefficient (Wildman–Crippen LogP) is 2.57. The number of nitrogens with zero attached hydrogens (tertiary/aromatic N) is 4. The zero-order valence-electron chi connectivity index (χ0n) is 14.6.